The first kappa shape index (κ1) is 13.8. The fourth-order valence-corrected chi connectivity index (χ4v) is 1.90. The van der Waals surface area contributed by atoms with E-state index in [0.29, 0.717) is 5.75 Å². The Morgan fingerprint density at radius 3 is 2.53 bits per heavy atom. The number of halogens is 3. The molecule has 2 nitrogen and oxygen atoms in total. The molecule has 2 aromatic rings. The lowest BCUT2D eigenvalue weighted by Crippen LogP contribution is -2.03. The summed E-state index contributed by atoms with van der Waals surface area (Å²) >= 11 is 5.57. The fourth-order valence-electron chi connectivity index (χ4n) is 1.78. The van der Waals surface area contributed by atoms with Gasteiger partial charge >= 0.3 is 0 Å². The van der Waals surface area contributed by atoms with Crippen LogP contribution in [0.4, 0.5) is 8.78 Å². The highest BCUT2D eigenvalue weighted by molar-refractivity contribution is 6.30. The third kappa shape index (κ3) is 2.85. The monoisotopic (exact) mass is 284 g/mol. The lowest BCUT2D eigenvalue weighted by molar-refractivity contribution is 0.213. The second kappa shape index (κ2) is 5.55. The molecule has 0 spiro atoms. The number of ether oxygens (including phenoxy) is 1. The van der Waals surface area contributed by atoms with Gasteiger partial charge in [0.25, 0.3) is 0 Å². The van der Waals surface area contributed by atoms with Crippen LogP contribution in [0.5, 0.6) is 5.75 Å². The fraction of sp³-hybridized carbons (Fsp3) is 0.143. The number of rotatable bonds is 3. The lowest BCUT2D eigenvalue weighted by Gasteiger charge is -2.15. The average Bonchev–Trinajstić information content (AvgIpc) is 2.41. The summed E-state index contributed by atoms with van der Waals surface area (Å²) in [5.41, 5.74) is 0.495. The number of hydrogen-bond acceptors (Lipinski definition) is 2. The van der Waals surface area contributed by atoms with E-state index in [1.54, 1.807) is 0 Å². The zero-order chi connectivity index (χ0) is 14.0. The van der Waals surface area contributed by atoms with Gasteiger partial charge in [-0.1, -0.05) is 17.7 Å². The summed E-state index contributed by atoms with van der Waals surface area (Å²) in [6, 6.07) is 7.69. The first-order valence-electron chi connectivity index (χ1n) is 5.49. The highest BCUT2D eigenvalue weighted by Gasteiger charge is 2.17. The van der Waals surface area contributed by atoms with Crippen molar-refractivity contribution in [2.24, 2.45) is 0 Å². The van der Waals surface area contributed by atoms with E-state index in [0.717, 1.165) is 12.1 Å². The highest BCUT2D eigenvalue weighted by Crippen LogP contribution is 2.31. The quantitative estimate of drug-likeness (QED) is 0.931. The number of aliphatic hydroxyl groups is 1. The molecule has 2 aromatic carbocycles. The van der Waals surface area contributed by atoms with Crippen LogP contribution in [0.2, 0.25) is 5.02 Å². The van der Waals surface area contributed by atoms with Crippen molar-refractivity contribution in [2.75, 3.05) is 7.11 Å². The summed E-state index contributed by atoms with van der Waals surface area (Å²) in [4.78, 5) is 0. The Kier molecular flexibility index (Phi) is 4.02. The molecule has 0 heterocycles. The summed E-state index contributed by atoms with van der Waals surface area (Å²) in [5.74, 6) is -0.831. The second-order valence-corrected chi connectivity index (χ2v) is 4.37. The van der Waals surface area contributed by atoms with Gasteiger partial charge in [-0.25, -0.2) is 8.78 Å². The molecule has 0 aliphatic carbocycles. The summed E-state index contributed by atoms with van der Waals surface area (Å²) in [7, 11) is 1.41. The van der Waals surface area contributed by atoms with Crippen LogP contribution in [-0.4, -0.2) is 12.2 Å². The number of hydrogen-bond donors (Lipinski definition) is 1. The van der Waals surface area contributed by atoms with Crippen LogP contribution >= 0.6 is 11.6 Å². The Hall–Kier alpha value is -1.65. The molecule has 0 aliphatic heterocycles. The minimum atomic E-state index is -1.20. The SMILES string of the molecule is COc1ccc(F)cc1C(O)c1ccc(Cl)c(F)c1. The predicted octanol–water partition coefficient (Wildman–Crippen LogP) is 3.71. The minimum absolute atomic E-state index is 0.0397. The standard InChI is InChI=1S/C14H11ClF2O2/c1-19-13-5-3-9(16)7-10(13)14(18)8-2-4-11(15)12(17)6-8/h2-7,14,18H,1H3. The van der Waals surface area contributed by atoms with Gasteiger partial charge in [0.05, 0.1) is 12.1 Å². The Bertz CT molecular complexity index is 602. The van der Waals surface area contributed by atoms with Crippen molar-refractivity contribution < 1.29 is 18.6 Å². The Labute approximate surface area is 114 Å². The summed E-state index contributed by atoms with van der Waals surface area (Å²) in [6.45, 7) is 0. The predicted molar refractivity (Wildman–Crippen MR) is 68.4 cm³/mol. The van der Waals surface area contributed by atoms with Gasteiger partial charge in [-0.15, -0.1) is 0 Å². The van der Waals surface area contributed by atoms with E-state index in [4.69, 9.17) is 16.3 Å². The highest BCUT2D eigenvalue weighted by atomic mass is 35.5. The molecule has 1 atom stereocenters. The van der Waals surface area contributed by atoms with Crippen LogP contribution < -0.4 is 4.74 Å². The number of aliphatic hydroxyl groups excluding tert-OH is 1. The third-order valence-corrected chi connectivity index (χ3v) is 3.05. The Morgan fingerprint density at radius 1 is 1.16 bits per heavy atom. The van der Waals surface area contributed by atoms with Crippen molar-refractivity contribution in [3.63, 3.8) is 0 Å². The second-order valence-electron chi connectivity index (χ2n) is 3.96. The van der Waals surface area contributed by atoms with Crippen molar-refractivity contribution in [3.8, 4) is 5.75 Å². The summed E-state index contributed by atoms with van der Waals surface area (Å²) < 4.78 is 31.7. The molecule has 0 aromatic heterocycles. The van der Waals surface area contributed by atoms with Gasteiger partial charge in [-0.2, -0.15) is 0 Å². The molecule has 0 aliphatic rings. The van der Waals surface area contributed by atoms with Crippen molar-refractivity contribution >= 4 is 11.6 Å². The van der Waals surface area contributed by atoms with Crippen molar-refractivity contribution in [1.29, 1.82) is 0 Å². The molecule has 100 valence electrons. The van der Waals surface area contributed by atoms with E-state index in [-0.39, 0.29) is 16.1 Å². The van der Waals surface area contributed by atoms with E-state index in [2.05, 4.69) is 0 Å². The molecular formula is C14H11ClF2O2. The molecule has 0 fully saturated rings. The maximum Gasteiger partial charge on any atom is 0.142 e. The van der Waals surface area contributed by atoms with Gasteiger partial charge in [0, 0.05) is 5.56 Å². The minimum Gasteiger partial charge on any atom is -0.496 e. The molecule has 0 amide bonds. The van der Waals surface area contributed by atoms with Crippen LogP contribution in [0.15, 0.2) is 36.4 Å². The molecule has 1 N–H and O–H groups in total. The van der Waals surface area contributed by atoms with Gasteiger partial charge < -0.3 is 9.84 Å². The Morgan fingerprint density at radius 2 is 1.89 bits per heavy atom. The number of benzene rings is 2. The van der Waals surface area contributed by atoms with Crippen LogP contribution in [0.3, 0.4) is 0 Å². The van der Waals surface area contributed by atoms with Crippen LogP contribution in [0.1, 0.15) is 17.2 Å². The van der Waals surface area contributed by atoms with E-state index in [1.165, 1.54) is 31.4 Å². The van der Waals surface area contributed by atoms with E-state index < -0.39 is 17.7 Å². The topological polar surface area (TPSA) is 29.5 Å². The van der Waals surface area contributed by atoms with E-state index >= 15 is 0 Å². The van der Waals surface area contributed by atoms with Gasteiger partial charge in [-0.3, -0.25) is 0 Å². The third-order valence-electron chi connectivity index (χ3n) is 2.75. The first-order valence-corrected chi connectivity index (χ1v) is 5.87. The van der Waals surface area contributed by atoms with Crippen molar-refractivity contribution in [3.05, 3.63) is 64.2 Å². The zero-order valence-electron chi connectivity index (χ0n) is 10.0. The maximum atomic E-state index is 13.4. The normalized spacial score (nSPS) is 12.3. The van der Waals surface area contributed by atoms with Crippen LogP contribution in [0, 0.1) is 11.6 Å². The smallest absolute Gasteiger partial charge is 0.142 e. The molecule has 1 unspecified atom stereocenters. The summed E-state index contributed by atoms with van der Waals surface area (Å²) in [5, 5.41) is 10.1. The van der Waals surface area contributed by atoms with E-state index in [9.17, 15) is 13.9 Å². The maximum absolute atomic E-state index is 13.4. The average molecular weight is 285 g/mol. The molecule has 2 rings (SSSR count). The molecule has 0 saturated heterocycles. The van der Waals surface area contributed by atoms with Crippen molar-refractivity contribution in [2.45, 2.75) is 6.10 Å². The molecule has 0 saturated carbocycles. The van der Waals surface area contributed by atoms with Crippen molar-refractivity contribution in [1.82, 2.24) is 0 Å². The molecular weight excluding hydrogens is 274 g/mol. The van der Waals surface area contributed by atoms with Gasteiger partial charge in [-0.05, 0) is 35.9 Å². The van der Waals surface area contributed by atoms with E-state index in [1.807, 2.05) is 0 Å². The van der Waals surface area contributed by atoms with Gasteiger partial charge in [0.15, 0.2) is 0 Å². The van der Waals surface area contributed by atoms with Crippen LogP contribution in [-0.2, 0) is 0 Å². The largest absolute Gasteiger partial charge is 0.496 e. The Balaban J connectivity index is 2.45. The first-order chi connectivity index (χ1) is 9.02. The van der Waals surface area contributed by atoms with Gasteiger partial charge in [0.1, 0.15) is 23.5 Å². The van der Waals surface area contributed by atoms with Gasteiger partial charge in [0.2, 0.25) is 0 Å². The lowest BCUT2D eigenvalue weighted by atomic mass is 10.0. The van der Waals surface area contributed by atoms with Crippen LogP contribution in [0.25, 0.3) is 0 Å². The zero-order valence-corrected chi connectivity index (χ0v) is 10.8. The summed E-state index contributed by atoms with van der Waals surface area (Å²) in [6.07, 6.45) is -1.20. The molecule has 0 radical (unpaired) electrons. The number of methoxy groups -OCH3 is 1. The molecule has 0 bridgehead atoms. The molecule has 5 heteroatoms. The molecule has 19 heavy (non-hydrogen) atoms.